The van der Waals surface area contributed by atoms with Crippen molar-refractivity contribution in [3.8, 4) is 5.69 Å². The SMILES string of the molecule is Nc1ccc(-n2c(CCNC(=O)O)nc3c(Cl)cc(F)cc3c2=O)cn1. The average Bonchev–Trinajstić information content (AvgIpc) is 2.57. The number of hydrogen-bond acceptors (Lipinski definition) is 5. The molecule has 26 heavy (non-hydrogen) atoms. The lowest BCUT2D eigenvalue weighted by Gasteiger charge is -2.14. The van der Waals surface area contributed by atoms with Crippen LogP contribution in [0.2, 0.25) is 5.02 Å². The maximum atomic E-state index is 13.7. The monoisotopic (exact) mass is 377 g/mol. The summed E-state index contributed by atoms with van der Waals surface area (Å²) in [5, 5.41) is 10.9. The number of carboxylic acid groups (broad SMARTS) is 1. The van der Waals surface area contributed by atoms with Gasteiger partial charge in [0.2, 0.25) is 0 Å². The molecule has 4 N–H and O–H groups in total. The summed E-state index contributed by atoms with van der Waals surface area (Å²) in [4.78, 5) is 31.9. The van der Waals surface area contributed by atoms with Crippen molar-refractivity contribution in [3.63, 3.8) is 0 Å². The van der Waals surface area contributed by atoms with Crippen LogP contribution in [0.25, 0.3) is 16.6 Å². The number of halogens is 2. The fraction of sp³-hybridized carbons (Fsp3) is 0.125. The van der Waals surface area contributed by atoms with Gasteiger partial charge in [-0.25, -0.2) is 19.2 Å². The van der Waals surface area contributed by atoms with Gasteiger partial charge in [-0.15, -0.1) is 0 Å². The van der Waals surface area contributed by atoms with Crippen molar-refractivity contribution < 1.29 is 14.3 Å². The number of anilines is 1. The highest BCUT2D eigenvalue weighted by atomic mass is 35.5. The topological polar surface area (TPSA) is 123 Å². The number of benzene rings is 1. The fourth-order valence-corrected chi connectivity index (χ4v) is 2.75. The van der Waals surface area contributed by atoms with Gasteiger partial charge in [0.1, 0.15) is 17.5 Å². The zero-order chi connectivity index (χ0) is 18.8. The van der Waals surface area contributed by atoms with Crippen molar-refractivity contribution in [1.29, 1.82) is 0 Å². The summed E-state index contributed by atoms with van der Waals surface area (Å²) in [7, 11) is 0. The third kappa shape index (κ3) is 3.42. The molecule has 0 spiro atoms. The van der Waals surface area contributed by atoms with E-state index in [0.717, 1.165) is 12.1 Å². The van der Waals surface area contributed by atoms with Crippen LogP contribution in [0.5, 0.6) is 0 Å². The molecule has 0 fully saturated rings. The first-order valence-corrected chi connectivity index (χ1v) is 7.84. The average molecular weight is 378 g/mol. The van der Waals surface area contributed by atoms with E-state index in [1.54, 1.807) is 6.07 Å². The highest BCUT2D eigenvalue weighted by molar-refractivity contribution is 6.35. The number of pyridine rings is 1. The summed E-state index contributed by atoms with van der Waals surface area (Å²) >= 11 is 6.02. The lowest BCUT2D eigenvalue weighted by Crippen LogP contribution is -2.29. The molecule has 0 saturated heterocycles. The van der Waals surface area contributed by atoms with Crippen molar-refractivity contribution in [3.05, 3.63) is 57.5 Å². The molecule has 10 heteroatoms. The van der Waals surface area contributed by atoms with E-state index in [1.807, 2.05) is 0 Å². The molecule has 0 saturated carbocycles. The normalized spacial score (nSPS) is 10.8. The van der Waals surface area contributed by atoms with Crippen molar-refractivity contribution in [2.45, 2.75) is 6.42 Å². The first-order valence-electron chi connectivity index (χ1n) is 7.46. The van der Waals surface area contributed by atoms with Crippen molar-refractivity contribution in [2.75, 3.05) is 12.3 Å². The van der Waals surface area contributed by atoms with Gasteiger partial charge in [-0.3, -0.25) is 9.36 Å². The molecule has 0 radical (unpaired) electrons. The van der Waals surface area contributed by atoms with E-state index in [2.05, 4.69) is 15.3 Å². The van der Waals surface area contributed by atoms with Crippen LogP contribution in [0.4, 0.5) is 15.0 Å². The van der Waals surface area contributed by atoms with Crippen LogP contribution < -0.4 is 16.6 Å². The number of nitrogens with zero attached hydrogens (tertiary/aromatic N) is 3. The Morgan fingerprint density at radius 2 is 2.15 bits per heavy atom. The maximum absolute atomic E-state index is 13.7. The predicted molar refractivity (Wildman–Crippen MR) is 94.2 cm³/mol. The first-order chi connectivity index (χ1) is 12.4. The number of aromatic nitrogens is 3. The number of hydrogen-bond donors (Lipinski definition) is 3. The van der Waals surface area contributed by atoms with E-state index in [-0.39, 0.29) is 40.5 Å². The van der Waals surface area contributed by atoms with Gasteiger partial charge in [0.05, 0.1) is 27.8 Å². The lowest BCUT2D eigenvalue weighted by molar-refractivity contribution is 0.194. The Labute approximate surface area is 151 Å². The van der Waals surface area contributed by atoms with E-state index in [4.69, 9.17) is 22.4 Å². The minimum absolute atomic E-state index is 0.00164. The fourth-order valence-electron chi connectivity index (χ4n) is 2.50. The van der Waals surface area contributed by atoms with Crippen LogP contribution in [-0.2, 0) is 6.42 Å². The Hall–Kier alpha value is -3.20. The van der Waals surface area contributed by atoms with Gasteiger partial charge < -0.3 is 16.2 Å². The van der Waals surface area contributed by atoms with E-state index in [0.29, 0.717) is 5.69 Å². The van der Waals surface area contributed by atoms with Crippen LogP contribution >= 0.6 is 11.6 Å². The molecule has 1 aromatic carbocycles. The molecular weight excluding hydrogens is 365 g/mol. The van der Waals surface area contributed by atoms with E-state index < -0.39 is 17.5 Å². The standard InChI is InChI=1S/C16H13ClFN5O3/c17-11-6-8(18)5-10-14(11)22-13(3-4-20-16(25)26)23(15(10)24)9-1-2-12(19)21-7-9/h1-2,5-7,20H,3-4H2,(H2,19,21)(H,25,26). The molecule has 3 aromatic rings. The molecule has 1 amide bonds. The molecule has 0 unspecified atom stereocenters. The van der Waals surface area contributed by atoms with Crippen LogP contribution in [0.1, 0.15) is 5.82 Å². The van der Waals surface area contributed by atoms with Crippen molar-refractivity contribution >= 4 is 34.4 Å². The Kier molecular flexibility index (Phi) is 4.72. The Balaban J connectivity index is 2.24. The molecule has 8 nitrogen and oxygen atoms in total. The van der Waals surface area contributed by atoms with E-state index in [1.165, 1.54) is 16.8 Å². The van der Waals surface area contributed by atoms with Gasteiger partial charge in [0, 0.05) is 13.0 Å². The van der Waals surface area contributed by atoms with Gasteiger partial charge in [0.15, 0.2) is 0 Å². The third-order valence-electron chi connectivity index (χ3n) is 3.61. The second-order valence-electron chi connectivity index (χ2n) is 5.38. The van der Waals surface area contributed by atoms with Gasteiger partial charge >= 0.3 is 6.09 Å². The highest BCUT2D eigenvalue weighted by Crippen LogP contribution is 2.22. The summed E-state index contributed by atoms with van der Waals surface area (Å²) in [6.07, 6.45) is 0.281. The first kappa shape index (κ1) is 17.6. The quantitative estimate of drug-likeness (QED) is 0.638. The molecule has 2 aromatic heterocycles. The van der Waals surface area contributed by atoms with Crippen LogP contribution in [-0.4, -0.2) is 32.3 Å². The molecule has 3 rings (SSSR count). The minimum Gasteiger partial charge on any atom is -0.465 e. The minimum atomic E-state index is -1.20. The number of carbonyl (C=O) groups is 1. The summed E-state index contributed by atoms with van der Waals surface area (Å²) in [5.74, 6) is -0.154. The molecule has 0 aliphatic rings. The van der Waals surface area contributed by atoms with E-state index in [9.17, 15) is 14.0 Å². The largest absolute Gasteiger partial charge is 0.465 e. The zero-order valence-electron chi connectivity index (χ0n) is 13.2. The maximum Gasteiger partial charge on any atom is 0.404 e. The van der Waals surface area contributed by atoms with Crippen LogP contribution in [0.3, 0.4) is 0 Å². The molecule has 0 atom stereocenters. The van der Waals surface area contributed by atoms with Crippen molar-refractivity contribution in [1.82, 2.24) is 19.9 Å². The third-order valence-corrected chi connectivity index (χ3v) is 3.90. The number of nitrogens with one attached hydrogen (secondary N) is 1. The number of nitrogens with two attached hydrogens (primary N) is 1. The number of amides is 1. The predicted octanol–water partition coefficient (Wildman–Crippen LogP) is 1.97. The molecule has 0 bridgehead atoms. The Morgan fingerprint density at radius 3 is 2.81 bits per heavy atom. The molecule has 2 heterocycles. The Bertz CT molecular complexity index is 1050. The van der Waals surface area contributed by atoms with Crippen LogP contribution in [0.15, 0.2) is 35.3 Å². The van der Waals surface area contributed by atoms with Crippen LogP contribution in [0, 0.1) is 5.82 Å². The molecule has 134 valence electrons. The Morgan fingerprint density at radius 1 is 1.38 bits per heavy atom. The summed E-state index contributed by atoms with van der Waals surface area (Å²) in [6, 6.07) is 5.18. The molecule has 0 aliphatic carbocycles. The van der Waals surface area contributed by atoms with Gasteiger partial charge in [0.25, 0.3) is 5.56 Å². The van der Waals surface area contributed by atoms with Gasteiger partial charge in [-0.2, -0.15) is 0 Å². The highest BCUT2D eigenvalue weighted by Gasteiger charge is 2.16. The summed E-state index contributed by atoms with van der Waals surface area (Å²) < 4.78 is 14.9. The van der Waals surface area contributed by atoms with Crippen molar-refractivity contribution in [2.24, 2.45) is 0 Å². The second kappa shape index (κ2) is 6.96. The summed E-state index contributed by atoms with van der Waals surface area (Å²) in [6.45, 7) is 0.0223. The molecule has 0 aliphatic heterocycles. The van der Waals surface area contributed by atoms with E-state index >= 15 is 0 Å². The number of rotatable bonds is 4. The second-order valence-corrected chi connectivity index (χ2v) is 5.78. The zero-order valence-corrected chi connectivity index (χ0v) is 14.0. The summed E-state index contributed by atoms with van der Waals surface area (Å²) in [5.41, 5.74) is 5.53. The van der Waals surface area contributed by atoms with Gasteiger partial charge in [-0.05, 0) is 24.3 Å². The number of nitrogen functional groups attached to an aromatic ring is 1. The van der Waals surface area contributed by atoms with Gasteiger partial charge in [-0.1, -0.05) is 11.6 Å². The lowest BCUT2D eigenvalue weighted by atomic mass is 10.2. The smallest absolute Gasteiger partial charge is 0.404 e. The number of fused-ring (bicyclic) bond motifs is 1. The molecular formula is C16H13ClFN5O3.